The molecule has 0 unspecified atom stereocenters. The van der Waals surface area contributed by atoms with Crippen LogP contribution in [0.2, 0.25) is 0 Å². The van der Waals surface area contributed by atoms with Gasteiger partial charge in [-0.2, -0.15) is 0 Å². The van der Waals surface area contributed by atoms with Crippen molar-refractivity contribution in [2.45, 2.75) is 140 Å². The molecule has 0 aliphatic heterocycles. The van der Waals surface area contributed by atoms with Crippen LogP contribution in [0.3, 0.4) is 0 Å². The summed E-state index contributed by atoms with van der Waals surface area (Å²) in [5, 5.41) is 50.3. The Morgan fingerprint density at radius 1 is 0.570 bits per heavy atom. The number of hydrogen-bond acceptors (Lipinski definition) is 15. The van der Waals surface area contributed by atoms with Crippen molar-refractivity contribution in [1.29, 1.82) is 0 Å². The SMILES string of the molecule is CC(C)C[C@H](NC(=O)CN)C(=O)N[C@@H](Cc1c[nH]c2ccccc12)C(=O)N[C@@H](Cc1cnc[nH]1)C(=O)N[C@@H](Cc1cnc[nH]1)C(=O)N[C@@H](CCC(N)=O)C(=O)N[C@H](C(=O)N[C@@H](CCC(=O)O)C(=O)N[C@H](C(=O)O)C(C)C)[C@@H](C)O. The standard InChI is InChI=1S/C50H71N15O14/c1-24(2)14-34(58-39(68)18-51)45(73)61-35(15-27-19-55-31-9-7-6-8-30(27)31)46(74)62-37(17-29-21-54-23-57-29)48(76)63-36(16-28-20-53-22-56-28)47(75)59-32(10-12-38(52)67)44(72)65-42(26(5)66)49(77)60-33(11-13-40(69)70)43(71)64-41(25(3)4)50(78)79/h6-9,19-26,32-37,41-42,55,66H,10-18,51H2,1-5H3,(H2,52,67)(H,53,56)(H,54,57)(H,58,68)(H,59,75)(H,60,77)(H,61,73)(H,62,74)(H,63,76)(H,64,71)(H,65,72)(H,69,70)(H,78,79)/t26-,32+,33+,34+,35+,36+,37+,41+,42+/m1/s1. The molecule has 4 aromatic rings. The van der Waals surface area contributed by atoms with Crippen molar-refractivity contribution in [2.24, 2.45) is 23.3 Å². The predicted octanol–water partition coefficient (Wildman–Crippen LogP) is -3.22. The van der Waals surface area contributed by atoms with E-state index in [0.29, 0.717) is 17.0 Å². The number of amides is 9. The van der Waals surface area contributed by atoms with E-state index >= 15 is 0 Å². The number of aromatic amines is 3. The Morgan fingerprint density at radius 2 is 1.04 bits per heavy atom. The van der Waals surface area contributed by atoms with E-state index in [2.05, 4.69) is 67.5 Å². The van der Waals surface area contributed by atoms with E-state index in [1.165, 1.54) is 38.9 Å². The number of para-hydroxylation sites is 1. The number of aromatic nitrogens is 5. The molecule has 0 spiro atoms. The van der Waals surface area contributed by atoms with Gasteiger partial charge in [0.15, 0.2) is 0 Å². The number of aliphatic hydroxyl groups is 1. The number of nitrogens with two attached hydrogens (primary N) is 2. The van der Waals surface area contributed by atoms with Crippen LogP contribution >= 0.6 is 0 Å². The number of hydrogen-bond donors (Lipinski definition) is 16. The minimum absolute atomic E-state index is 0.0887. The van der Waals surface area contributed by atoms with Crippen molar-refractivity contribution in [3.05, 3.63) is 72.5 Å². The van der Waals surface area contributed by atoms with Gasteiger partial charge in [-0.25, -0.2) is 14.8 Å². The van der Waals surface area contributed by atoms with Crippen LogP contribution < -0.4 is 54.0 Å². The van der Waals surface area contributed by atoms with Gasteiger partial charge in [0, 0.05) is 73.0 Å². The van der Waals surface area contributed by atoms with E-state index in [9.17, 15) is 68.1 Å². The second kappa shape index (κ2) is 30.3. The van der Waals surface area contributed by atoms with Crippen molar-refractivity contribution in [3.8, 4) is 0 Å². The first kappa shape index (κ1) is 62.8. The van der Waals surface area contributed by atoms with E-state index in [0.717, 1.165) is 17.8 Å². The molecule has 0 radical (unpaired) electrons. The van der Waals surface area contributed by atoms with Gasteiger partial charge in [0.1, 0.15) is 48.3 Å². The molecule has 3 aromatic heterocycles. The molecule has 4 rings (SSSR count). The summed E-state index contributed by atoms with van der Waals surface area (Å²) in [6.07, 6.45) is 2.54. The molecule has 3 heterocycles. The van der Waals surface area contributed by atoms with Crippen molar-refractivity contribution in [1.82, 2.24) is 67.5 Å². The van der Waals surface area contributed by atoms with Crippen LogP contribution in [-0.2, 0) is 72.0 Å². The maximum Gasteiger partial charge on any atom is 0.326 e. The van der Waals surface area contributed by atoms with E-state index in [4.69, 9.17) is 11.5 Å². The van der Waals surface area contributed by atoms with Crippen LogP contribution in [-0.4, -0.2) is 166 Å². The molecule has 79 heavy (non-hydrogen) atoms. The highest BCUT2D eigenvalue weighted by Crippen LogP contribution is 2.20. The number of H-pyrrole nitrogens is 3. The van der Waals surface area contributed by atoms with E-state index in [1.54, 1.807) is 18.3 Å². The number of nitrogens with one attached hydrogen (secondary N) is 11. The first-order valence-corrected chi connectivity index (χ1v) is 25.4. The average Bonchev–Trinajstić information content (AvgIpc) is 4.21. The summed E-state index contributed by atoms with van der Waals surface area (Å²) in [4.78, 5) is 163. The van der Waals surface area contributed by atoms with Gasteiger partial charge in [-0.05, 0) is 49.7 Å². The molecule has 0 aliphatic carbocycles. The number of primary amides is 1. The molecule has 0 bridgehead atoms. The molecule has 18 N–H and O–H groups in total. The number of carboxylic acid groups (broad SMARTS) is 2. The lowest BCUT2D eigenvalue weighted by Gasteiger charge is -2.29. The van der Waals surface area contributed by atoms with Gasteiger partial charge in [-0.3, -0.25) is 47.9 Å². The van der Waals surface area contributed by atoms with Gasteiger partial charge in [0.25, 0.3) is 0 Å². The number of carboxylic acids is 2. The first-order chi connectivity index (χ1) is 37.4. The van der Waals surface area contributed by atoms with Crippen LogP contribution in [0.1, 0.15) is 83.7 Å². The largest absolute Gasteiger partial charge is 0.481 e. The van der Waals surface area contributed by atoms with Crippen molar-refractivity contribution in [3.63, 3.8) is 0 Å². The second-order valence-corrected chi connectivity index (χ2v) is 19.6. The molecule has 29 heteroatoms. The van der Waals surface area contributed by atoms with Crippen LogP contribution in [0.15, 0.2) is 55.5 Å². The molecule has 29 nitrogen and oxygen atoms in total. The molecular formula is C50H71N15O14. The number of carbonyl (C=O) groups is 11. The summed E-state index contributed by atoms with van der Waals surface area (Å²) in [6, 6.07) is -5.15. The molecule has 0 saturated carbocycles. The summed E-state index contributed by atoms with van der Waals surface area (Å²) in [5.41, 5.74) is 13.0. The third-order valence-corrected chi connectivity index (χ3v) is 12.4. The van der Waals surface area contributed by atoms with Crippen LogP contribution in [0.5, 0.6) is 0 Å². The number of nitrogens with zero attached hydrogens (tertiary/aromatic N) is 2. The number of rotatable bonds is 33. The number of benzene rings is 1. The van der Waals surface area contributed by atoms with Crippen LogP contribution in [0, 0.1) is 11.8 Å². The summed E-state index contributed by atoms with van der Waals surface area (Å²) in [7, 11) is 0. The molecule has 0 saturated heterocycles. The Balaban J connectivity index is 1.65. The smallest absolute Gasteiger partial charge is 0.326 e. The van der Waals surface area contributed by atoms with Gasteiger partial charge in [-0.1, -0.05) is 45.9 Å². The number of aliphatic carboxylic acids is 2. The van der Waals surface area contributed by atoms with Crippen LogP contribution in [0.25, 0.3) is 10.9 Å². The zero-order valence-corrected chi connectivity index (χ0v) is 44.3. The zero-order valence-electron chi connectivity index (χ0n) is 44.3. The molecule has 1 aromatic carbocycles. The summed E-state index contributed by atoms with van der Waals surface area (Å²) < 4.78 is 0. The quantitative estimate of drug-likeness (QED) is 0.0223. The second-order valence-electron chi connectivity index (χ2n) is 19.6. The van der Waals surface area contributed by atoms with Crippen molar-refractivity contribution in [2.75, 3.05) is 6.54 Å². The monoisotopic (exact) mass is 1110 g/mol. The van der Waals surface area contributed by atoms with Gasteiger partial charge >= 0.3 is 11.9 Å². The number of carbonyl (C=O) groups excluding carboxylic acids is 9. The van der Waals surface area contributed by atoms with Gasteiger partial charge < -0.3 is 84.3 Å². The molecular weight excluding hydrogens is 1030 g/mol. The Labute approximate surface area is 453 Å². The lowest BCUT2D eigenvalue weighted by molar-refractivity contribution is -0.144. The lowest BCUT2D eigenvalue weighted by atomic mass is 10.00. The minimum Gasteiger partial charge on any atom is -0.481 e. The van der Waals surface area contributed by atoms with Crippen molar-refractivity contribution >= 4 is 76.0 Å². The summed E-state index contributed by atoms with van der Waals surface area (Å²) in [5.74, 6) is -12.1. The Morgan fingerprint density at radius 3 is 1.49 bits per heavy atom. The third kappa shape index (κ3) is 20.0. The number of fused-ring (bicyclic) bond motifs is 1. The van der Waals surface area contributed by atoms with Gasteiger partial charge in [-0.15, -0.1) is 0 Å². The predicted molar refractivity (Wildman–Crippen MR) is 280 cm³/mol. The minimum atomic E-state index is -1.91. The normalized spacial score (nSPS) is 14.7. The highest BCUT2D eigenvalue weighted by atomic mass is 16.4. The summed E-state index contributed by atoms with van der Waals surface area (Å²) in [6.45, 7) is 7.34. The highest BCUT2D eigenvalue weighted by molar-refractivity contribution is 5.99. The molecule has 9 atom stereocenters. The van der Waals surface area contributed by atoms with Crippen molar-refractivity contribution < 1.29 is 68.1 Å². The van der Waals surface area contributed by atoms with Gasteiger partial charge in [0.05, 0.1) is 25.3 Å². The maximum atomic E-state index is 14.6. The molecule has 0 aliphatic rings. The number of aliphatic hydroxyl groups excluding tert-OH is 1. The zero-order chi connectivity index (χ0) is 58.5. The number of imidazole rings is 2. The summed E-state index contributed by atoms with van der Waals surface area (Å²) >= 11 is 0. The topological polar surface area (TPSA) is 470 Å². The van der Waals surface area contributed by atoms with Crippen LogP contribution in [0.4, 0.5) is 0 Å². The molecule has 0 fully saturated rings. The van der Waals surface area contributed by atoms with Gasteiger partial charge in [0.2, 0.25) is 53.2 Å². The fraction of sp³-hybridized carbons (Fsp3) is 0.500. The lowest BCUT2D eigenvalue weighted by Crippen LogP contribution is -2.62. The highest BCUT2D eigenvalue weighted by Gasteiger charge is 2.37. The fourth-order valence-electron chi connectivity index (χ4n) is 8.21. The third-order valence-electron chi connectivity index (χ3n) is 12.4. The Hall–Kier alpha value is -8.73. The Kier molecular flexibility index (Phi) is 24.1. The molecule has 430 valence electrons. The average molecular weight is 1110 g/mol. The van der Waals surface area contributed by atoms with E-state index in [1.807, 2.05) is 26.0 Å². The Bertz CT molecular complexity index is 2740. The first-order valence-electron chi connectivity index (χ1n) is 25.4. The molecule has 9 amide bonds. The maximum absolute atomic E-state index is 14.6. The van der Waals surface area contributed by atoms with E-state index < -0.39 is 158 Å². The fourth-order valence-corrected chi connectivity index (χ4v) is 8.21. The van der Waals surface area contributed by atoms with E-state index in [-0.39, 0.29) is 31.6 Å².